The van der Waals surface area contributed by atoms with E-state index in [1.165, 1.54) is 6.92 Å². The van der Waals surface area contributed by atoms with Gasteiger partial charge in [0.15, 0.2) is 5.78 Å². The maximum absolute atomic E-state index is 11.2. The van der Waals surface area contributed by atoms with Gasteiger partial charge in [-0.15, -0.1) is 0 Å². The third-order valence-corrected chi connectivity index (χ3v) is 2.60. The van der Waals surface area contributed by atoms with E-state index in [0.29, 0.717) is 5.57 Å². The molecule has 0 saturated carbocycles. The van der Waals surface area contributed by atoms with Gasteiger partial charge < -0.3 is 5.11 Å². The lowest BCUT2D eigenvalue weighted by atomic mass is 10.0. The van der Waals surface area contributed by atoms with Crippen molar-refractivity contribution < 1.29 is 9.90 Å². The maximum atomic E-state index is 11.2. The first-order chi connectivity index (χ1) is 6.66. The topological polar surface area (TPSA) is 37.3 Å². The van der Waals surface area contributed by atoms with Gasteiger partial charge in [0.05, 0.1) is 0 Å². The van der Waals surface area contributed by atoms with E-state index in [2.05, 4.69) is 0 Å². The van der Waals surface area contributed by atoms with Crippen LogP contribution in [-0.2, 0) is 4.79 Å². The number of carbonyl (C=O) groups is 1. The predicted molar refractivity (Wildman–Crippen MR) is 64.2 cm³/mol. The van der Waals surface area contributed by atoms with E-state index in [4.69, 9.17) is 0 Å². The highest BCUT2D eigenvalue weighted by Crippen LogP contribution is 2.22. The van der Waals surface area contributed by atoms with Crippen LogP contribution >= 0.6 is 22.6 Å². The number of hydrogen-bond acceptors (Lipinski definition) is 2. The Kier molecular flexibility index (Phi) is 4.28. The molecule has 0 aliphatic rings. The lowest BCUT2D eigenvalue weighted by molar-refractivity contribution is -0.114. The van der Waals surface area contributed by atoms with E-state index in [1.807, 2.05) is 40.8 Å². The van der Waals surface area contributed by atoms with Crippen LogP contribution in [0.2, 0.25) is 0 Å². The first-order valence-corrected chi connectivity index (χ1v) is 5.45. The first-order valence-electron chi connectivity index (χ1n) is 4.21. The van der Waals surface area contributed by atoms with Crippen molar-refractivity contribution >= 4 is 28.4 Å². The lowest BCUT2D eigenvalue weighted by Gasteiger charge is -2.11. The van der Waals surface area contributed by atoms with Crippen LogP contribution in [0, 0.1) is 0 Å². The molecule has 0 aromatic heterocycles. The predicted octanol–water partition coefficient (Wildman–Crippen LogP) is 2.63. The number of aliphatic hydroxyl groups excluding tert-OH is 1. The van der Waals surface area contributed by atoms with Crippen molar-refractivity contribution in [3.63, 3.8) is 0 Å². The summed E-state index contributed by atoms with van der Waals surface area (Å²) in [5.41, 5.74) is 1.17. The minimum atomic E-state index is -0.814. The van der Waals surface area contributed by atoms with Crippen molar-refractivity contribution in [2.24, 2.45) is 0 Å². The van der Waals surface area contributed by atoms with Crippen LogP contribution in [0.4, 0.5) is 0 Å². The molecule has 0 spiro atoms. The monoisotopic (exact) mass is 302 g/mol. The zero-order chi connectivity index (χ0) is 10.6. The summed E-state index contributed by atoms with van der Waals surface area (Å²) in [4.78, 5) is 11.2. The fraction of sp³-hybridized carbons (Fsp3) is 0.182. The normalized spacial score (nSPS) is 13.8. The highest BCUT2D eigenvalue weighted by atomic mass is 127. The molecule has 1 N–H and O–H groups in total. The van der Waals surface area contributed by atoms with Crippen molar-refractivity contribution in [2.75, 3.05) is 0 Å². The van der Waals surface area contributed by atoms with Crippen molar-refractivity contribution in [2.45, 2.75) is 13.0 Å². The molecule has 0 aliphatic heterocycles. The molecule has 0 heterocycles. The van der Waals surface area contributed by atoms with Crippen LogP contribution in [0.25, 0.3) is 0 Å². The van der Waals surface area contributed by atoms with Gasteiger partial charge in [-0.25, -0.2) is 0 Å². The van der Waals surface area contributed by atoms with E-state index in [9.17, 15) is 9.90 Å². The summed E-state index contributed by atoms with van der Waals surface area (Å²) in [6.45, 7) is 1.46. The zero-order valence-electron chi connectivity index (χ0n) is 7.77. The van der Waals surface area contributed by atoms with Crippen LogP contribution in [0.15, 0.2) is 40.0 Å². The number of Topliss-reactive ketones (excluding diaryl/α,β-unsaturated/α-hetero) is 1. The van der Waals surface area contributed by atoms with Gasteiger partial charge in [0.2, 0.25) is 0 Å². The molecule has 0 bridgehead atoms. The number of aliphatic hydroxyl groups is 1. The fourth-order valence-electron chi connectivity index (χ4n) is 1.14. The summed E-state index contributed by atoms with van der Waals surface area (Å²) in [7, 11) is 0. The standard InChI is InChI=1S/C11H11IO2/c1-8(13)10(7-12)11(14)9-5-3-2-4-6-9/h2-7,11,14H,1H3/b10-7-/t11-/m0/s1. The molecule has 14 heavy (non-hydrogen) atoms. The second-order valence-electron chi connectivity index (χ2n) is 2.93. The van der Waals surface area contributed by atoms with Crippen LogP contribution in [0.3, 0.4) is 0 Å². The molecule has 1 aromatic carbocycles. The number of hydrogen-bond donors (Lipinski definition) is 1. The third kappa shape index (κ3) is 2.65. The Hall–Kier alpha value is -0.680. The zero-order valence-corrected chi connectivity index (χ0v) is 9.93. The number of ketones is 1. The Morgan fingerprint density at radius 3 is 2.43 bits per heavy atom. The summed E-state index contributed by atoms with van der Waals surface area (Å²) >= 11 is 1.96. The summed E-state index contributed by atoms with van der Waals surface area (Å²) in [6, 6.07) is 9.14. The van der Waals surface area contributed by atoms with Crippen molar-refractivity contribution in [1.82, 2.24) is 0 Å². The number of halogens is 1. The molecule has 1 atom stereocenters. The molecule has 0 aliphatic carbocycles. The first kappa shape index (κ1) is 11.4. The highest BCUT2D eigenvalue weighted by Gasteiger charge is 2.15. The Balaban J connectivity index is 2.96. The smallest absolute Gasteiger partial charge is 0.159 e. The van der Waals surface area contributed by atoms with Gasteiger partial charge >= 0.3 is 0 Å². The molecule has 0 fully saturated rings. The Labute approximate surface area is 96.8 Å². The molecule has 3 heteroatoms. The molecular formula is C11H11IO2. The van der Waals surface area contributed by atoms with Gasteiger partial charge in [-0.1, -0.05) is 52.9 Å². The quantitative estimate of drug-likeness (QED) is 0.688. The second-order valence-corrected chi connectivity index (χ2v) is 3.56. The molecule has 1 rings (SSSR count). The largest absolute Gasteiger partial charge is 0.384 e. The molecule has 2 nitrogen and oxygen atoms in total. The number of benzene rings is 1. The molecule has 1 aromatic rings. The average Bonchev–Trinajstić information content (AvgIpc) is 2.19. The lowest BCUT2D eigenvalue weighted by Crippen LogP contribution is -2.07. The van der Waals surface area contributed by atoms with Gasteiger partial charge in [-0.05, 0) is 16.6 Å². The minimum Gasteiger partial charge on any atom is -0.384 e. The number of carbonyl (C=O) groups excluding carboxylic acids is 1. The minimum absolute atomic E-state index is 0.101. The molecule has 0 unspecified atom stereocenters. The van der Waals surface area contributed by atoms with Gasteiger partial charge in [-0.3, -0.25) is 4.79 Å². The molecule has 74 valence electrons. The van der Waals surface area contributed by atoms with Gasteiger partial charge in [0.25, 0.3) is 0 Å². The number of rotatable bonds is 3. The Morgan fingerprint density at radius 2 is 2.00 bits per heavy atom. The van der Waals surface area contributed by atoms with Crippen molar-refractivity contribution in [1.29, 1.82) is 0 Å². The van der Waals surface area contributed by atoms with Gasteiger partial charge in [0, 0.05) is 5.57 Å². The van der Waals surface area contributed by atoms with E-state index >= 15 is 0 Å². The molecular weight excluding hydrogens is 291 g/mol. The van der Waals surface area contributed by atoms with E-state index in [-0.39, 0.29) is 5.78 Å². The Morgan fingerprint density at radius 1 is 1.43 bits per heavy atom. The highest BCUT2D eigenvalue weighted by molar-refractivity contribution is 14.1. The van der Waals surface area contributed by atoms with E-state index < -0.39 is 6.10 Å². The summed E-state index contributed by atoms with van der Waals surface area (Å²) in [5.74, 6) is -0.101. The van der Waals surface area contributed by atoms with E-state index in [1.54, 1.807) is 16.2 Å². The fourth-order valence-corrected chi connectivity index (χ4v) is 1.92. The summed E-state index contributed by atoms with van der Waals surface area (Å²) in [6.07, 6.45) is -0.814. The van der Waals surface area contributed by atoms with Crippen molar-refractivity contribution in [3.8, 4) is 0 Å². The third-order valence-electron chi connectivity index (χ3n) is 1.93. The van der Waals surface area contributed by atoms with Gasteiger partial charge in [-0.2, -0.15) is 0 Å². The van der Waals surface area contributed by atoms with E-state index in [0.717, 1.165) is 5.56 Å². The van der Waals surface area contributed by atoms with Crippen LogP contribution in [-0.4, -0.2) is 10.9 Å². The van der Waals surface area contributed by atoms with Crippen molar-refractivity contribution in [3.05, 3.63) is 45.6 Å². The summed E-state index contributed by atoms with van der Waals surface area (Å²) < 4.78 is 1.62. The second kappa shape index (κ2) is 5.26. The maximum Gasteiger partial charge on any atom is 0.159 e. The van der Waals surface area contributed by atoms with Gasteiger partial charge in [0.1, 0.15) is 6.10 Å². The Bertz CT molecular complexity index is 344. The average molecular weight is 302 g/mol. The molecule has 0 radical (unpaired) electrons. The van der Waals surface area contributed by atoms with Crippen LogP contribution in [0.1, 0.15) is 18.6 Å². The SMILES string of the molecule is CC(=O)/C(=C/I)[C@@H](O)c1ccccc1. The summed E-state index contributed by atoms with van der Waals surface area (Å²) in [5, 5.41) is 9.86. The molecule has 0 amide bonds. The molecule has 0 saturated heterocycles. The van der Waals surface area contributed by atoms with Crippen LogP contribution in [0.5, 0.6) is 0 Å². The van der Waals surface area contributed by atoms with Crippen LogP contribution < -0.4 is 0 Å².